The molecule has 3 aromatic heterocycles. The van der Waals surface area contributed by atoms with E-state index in [1.807, 2.05) is 30.6 Å². The molecule has 5 rings (SSSR count). The summed E-state index contributed by atoms with van der Waals surface area (Å²) in [5.41, 5.74) is 3.94. The van der Waals surface area contributed by atoms with Crippen LogP contribution < -0.4 is 0 Å². The first-order valence-corrected chi connectivity index (χ1v) is 7.61. The molecular weight excluding hydrogens is 282 g/mol. The zero-order chi connectivity index (χ0) is 15.2. The van der Waals surface area contributed by atoms with Crippen molar-refractivity contribution >= 4 is 32.6 Å². The largest absolute Gasteiger partial charge is 0.353 e. The van der Waals surface area contributed by atoms with Gasteiger partial charge in [0.25, 0.3) is 0 Å². The number of aromatic nitrogens is 3. The topological polar surface area (TPSA) is 41.6 Å². The standard InChI is InChI=1S/C20H13N3/c1-2-6-14-12-22-18(11-13(14)5-1)20-19-16(9-10-21-20)15-7-3-4-8-17(15)23-19/h1-12,23H. The molecule has 3 heterocycles. The molecule has 0 spiro atoms. The molecule has 0 fully saturated rings. The van der Waals surface area contributed by atoms with E-state index >= 15 is 0 Å². The summed E-state index contributed by atoms with van der Waals surface area (Å²) >= 11 is 0. The van der Waals surface area contributed by atoms with Gasteiger partial charge in [0.15, 0.2) is 0 Å². The Bertz CT molecular complexity index is 1170. The quantitative estimate of drug-likeness (QED) is 0.476. The molecule has 2 aromatic carbocycles. The van der Waals surface area contributed by atoms with Crippen LogP contribution in [0, 0.1) is 0 Å². The van der Waals surface area contributed by atoms with Crippen LogP contribution in [-0.2, 0) is 0 Å². The van der Waals surface area contributed by atoms with Gasteiger partial charge in [-0.1, -0.05) is 42.5 Å². The molecule has 0 unspecified atom stereocenters. The summed E-state index contributed by atoms with van der Waals surface area (Å²) in [7, 11) is 0. The lowest BCUT2D eigenvalue weighted by Gasteiger charge is -2.04. The number of fused-ring (bicyclic) bond motifs is 4. The van der Waals surface area contributed by atoms with Crippen molar-refractivity contribution in [2.45, 2.75) is 0 Å². The Balaban J connectivity index is 1.84. The average molecular weight is 295 g/mol. The van der Waals surface area contributed by atoms with Gasteiger partial charge in [0.1, 0.15) is 5.69 Å². The van der Waals surface area contributed by atoms with Gasteiger partial charge in [-0.2, -0.15) is 0 Å². The minimum atomic E-state index is 0.890. The molecule has 0 radical (unpaired) electrons. The van der Waals surface area contributed by atoms with Crippen LogP contribution in [0.15, 0.2) is 73.1 Å². The van der Waals surface area contributed by atoms with Crippen LogP contribution in [0.25, 0.3) is 44.0 Å². The van der Waals surface area contributed by atoms with E-state index in [1.54, 1.807) is 0 Å². The Morgan fingerprint density at radius 3 is 2.52 bits per heavy atom. The molecule has 3 nitrogen and oxygen atoms in total. The minimum Gasteiger partial charge on any atom is -0.353 e. The Hall–Kier alpha value is -3.20. The van der Waals surface area contributed by atoms with Crippen molar-refractivity contribution < 1.29 is 0 Å². The summed E-state index contributed by atoms with van der Waals surface area (Å²) in [5, 5.41) is 4.71. The van der Waals surface area contributed by atoms with Crippen LogP contribution in [0.2, 0.25) is 0 Å². The lowest BCUT2D eigenvalue weighted by atomic mass is 10.1. The summed E-state index contributed by atoms with van der Waals surface area (Å²) in [6.45, 7) is 0. The molecular formula is C20H13N3. The number of aromatic amines is 1. The van der Waals surface area contributed by atoms with Crippen LogP contribution in [0.1, 0.15) is 0 Å². The molecule has 3 heteroatoms. The maximum atomic E-state index is 4.61. The van der Waals surface area contributed by atoms with Crippen LogP contribution in [0.5, 0.6) is 0 Å². The van der Waals surface area contributed by atoms with Gasteiger partial charge >= 0.3 is 0 Å². The van der Waals surface area contributed by atoms with E-state index in [9.17, 15) is 0 Å². The summed E-state index contributed by atoms with van der Waals surface area (Å²) in [6, 6.07) is 20.7. The molecule has 0 saturated heterocycles. The first-order valence-electron chi connectivity index (χ1n) is 7.61. The van der Waals surface area contributed by atoms with Crippen LogP contribution >= 0.6 is 0 Å². The van der Waals surface area contributed by atoms with Crippen LogP contribution in [-0.4, -0.2) is 15.0 Å². The van der Waals surface area contributed by atoms with Crippen LogP contribution in [0.4, 0.5) is 0 Å². The Labute approximate surface area is 132 Å². The fourth-order valence-electron chi connectivity index (χ4n) is 3.18. The molecule has 5 aromatic rings. The summed E-state index contributed by atoms with van der Waals surface area (Å²) in [4.78, 5) is 12.7. The monoisotopic (exact) mass is 295 g/mol. The van der Waals surface area contributed by atoms with E-state index in [1.165, 1.54) is 16.2 Å². The molecule has 0 amide bonds. The second kappa shape index (κ2) is 4.65. The van der Waals surface area contributed by atoms with Gasteiger partial charge in [-0.25, -0.2) is 0 Å². The minimum absolute atomic E-state index is 0.890. The lowest BCUT2D eigenvalue weighted by Crippen LogP contribution is -1.89. The van der Waals surface area contributed by atoms with Crippen molar-refractivity contribution in [3.05, 3.63) is 73.1 Å². The third-order valence-electron chi connectivity index (χ3n) is 4.30. The van der Waals surface area contributed by atoms with Crippen molar-refractivity contribution in [3.63, 3.8) is 0 Å². The lowest BCUT2D eigenvalue weighted by molar-refractivity contribution is 1.27. The Kier molecular flexibility index (Phi) is 2.50. The number of para-hydroxylation sites is 1. The second-order valence-corrected chi connectivity index (χ2v) is 5.67. The van der Waals surface area contributed by atoms with Gasteiger partial charge in [-0.05, 0) is 23.6 Å². The van der Waals surface area contributed by atoms with E-state index in [0.29, 0.717) is 0 Å². The molecule has 108 valence electrons. The molecule has 0 aliphatic heterocycles. The van der Waals surface area contributed by atoms with E-state index in [2.05, 4.69) is 57.4 Å². The number of nitrogens with one attached hydrogen (secondary N) is 1. The third-order valence-corrected chi connectivity index (χ3v) is 4.30. The number of rotatable bonds is 1. The molecule has 0 atom stereocenters. The Morgan fingerprint density at radius 2 is 1.57 bits per heavy atom. The predicted octanol–water partition coefficient (Wildman–Crippen LogP) is 4.93. The number of nitrogens with zero attached hydrogens (tertiary/aromatic N) is 2. The zero-order valence-corrected chi connectivity index (χ0v) is 12.3. The van der Waals surface area contributed by atoms with Gasteiger partial charge in [0.05, 0.1) is 11.2 Å². The number of benzene rings is 2. The predicted molar refractivity (Wildman–Crippen MR) is 94.3 cm³/mol. The van der Waals surface area contributed by atoms with Gasteiger partial charge in [-0.3, -0.25) is 9.97 Å². The SMILES string of the molecule is c1ccc2cc(-c3nccc4c3[nH]c3ccccc34)ncc2c1. The van der Waals surface area contributed by atoms with Gasteiger partial charge in [0, 0.05) is 34.1 Å². The van der Waals surface area contributed by atoms with E-state index < -0.39 is 0 Å². The highest BCUT2D eigenvalue weighted by molar-refractivity contribution is 6.10. The normalized spacial score (nSPS) is 11.5. The van der Waals surface area contributed by atoms with E-state index in [0.717, 1.165) is 27.8 Å². The molecule has 0 aliphatic carbocycles. The fraction of sp³-hybridized carbons (Fsp3) is 0. The number of H-pyrrole nitrogens is 1. The Morgan fingerprint density at radius 1 is 0.739 bits per heavy atom. The molecule has 0 saturated carbocycles. The van der Waals surface area contributed by atoms with Crippen molar-refractivity contribution in [2.75, 3.05) is 0 Å². The summed E-state index contributed by atoms with van der Waals surface area (Å²) < 4.78 is 0. The zero-order valence-electron chi connectivity index (χ0n) is 12.3. The van der Waals surface area contributed by atoms with Gasteiger partial charge < -0.3 is 4.98 Å². The van der Waals surface area contributed by atoms with E-state index in [-0.39, 0.29) is 0 Å². The third kappa shape index (κ3) is 1.83. The van der Waals surface area contributed by atoms with Crippen molar-refractivity contribution in [3.8, 4) is 11.4 Å². The highest BCUT2D eigenvalue weighted by atomic mass is 14.8. The van der Waals surface area contributed by atoms with Crippen molar-refractivity contribution in [2.24, 2.45) is 0 Å². The van der Waals surface area contributed by atoms with Gasteiger partial charge in [-0.15, -0.1) is 0 Å². The fourth-order valence-corrected chi connectivity index (χ4v) is 3.18. The van der Waals surface area contributed by atoms with Crippen molar-refractivity contribution in [1.82, 2.24) is 15.0 Å². The van der Waals surface area contributed by atoms with Crippen molar-refractivity contribution in [1.29, 1.82) is 0 Å². The first-order chi connectivity index (χ1) is 11.4. The smallest absolute Gasteiger partial charge is 0.113 e. The highest BCUT2D eigenvalue weighted by Crippen LogP contribution is 2.31. The molecule has 23 heavy (non-hydrogen) atoms. The number of hydrogen-bond acceptors (Lipinski definition) is 2. The van der Waals surface area contributed by atoms with Crippen LogP contribution in [0.3, 0.4) is 0 Å². The summed E-state index contributed by atoms with van der Waals surface area (Å²) in [6.07, 6.45) is 3.77. The first kappa shape index (κ1) is 12.4. The highest BCUT2D eigenvalue weighted by Gasteiger charge is 2.11. The summed E-state index contributed by atoms with van der Waals surface area (Å²) in [5.74, 6) is 0. The molecule has 0 bridgehead atoms. The molecule has 1 N–H and O–H groups in total. The van der Waals surface area contributed by atoms with Gasteiger partial charge in [0.2, 0.25) is 0 Å². The molecule has 0 aliphatic rings. The second-order valence-electron chi connectivity index (χ2n) is 5.67. The number of pyridine rings is 2. The number of hydrogen-bond donors (Lipinski definition) is 1. The van der Waals surface area contributed by atoms with E-state index in [4.69, 9.17) is 0 Å². The maximum absolute atomic E-state index is 4.61. The maximum Gasteiger partial charge on any atom is 0.113 e. The average Bonchev–Trinajstić information content (AvgIpc) is 3.00.